The van der Waals surface area contributed by atoms with Gasteiger partial charge in [-0.1, -0.05) is 12.1 Å². The molecule has 0 fully saturated rings. The molecule has 0 aliphatic rings. The molecule has 4 nitrogen and oxygen atoms in total. The third kappa shape index (κ3) is 3.45. The minimum Gasteiger partial charge on any atom is -0.497 e. The molecule has 0 saturated carbocycles. The van der Waals surface area contributed by atoms with E-state index in [1.807, 2.05) is 45.2 Å². The number of rotatable bonds is 6. The standard InChI is InChI=1S/C14H24N2O2/c1-10(9-17)16(3)14(11(2)15)12-6-5-7-13(8-12)18-4/h5-8,10-11,14,17H,9,15H2,1-4H3. The van der Waals surface area contributed by atoms with Crippen LogP contribution in [0.25, 0.3) is 0 Å². The van der Waals surface area contributed by atoms with Crippen molar-refractivity contribution in [3.8, 4) is 5.75 Å². The van der Waals surface area contributed by atoms with Gasteiger partial charge in [0.25, 0.3) is 0 Å². The Kier molecular flexibility index (Phi) is 5.59. The number of aliphatic hydroxyl groups is 1. The molecule has 0 amide bonds. The molecule has 0 spiro atoms. The molecular formula is C14H24N2O2. The van der Waals surface area contributed by atoms with E-state index in [2.05, 4.69) is 4.90 Å². The van der Waals surface area contributed by atoms with Crippen LogP contribution in [0.15, 0.2) is 24.3 Å². The highest BCUT2D eigenvalue weighted by Crippen LogP contribution is 2.26. The summed E-state index contributed by atoms with van der Waals surface area (Å²) in [5.41, 5.74) is 7.19. The van der Waals surface area contributed by atoms with Crippen molar-refractivity contribution < 1.29 is 9.84 Å². The summed E-state index contributed by atoms with van der Waals surface area (Å²) >= 11 is 0. The summed E-state index contributed by atoms with van der Waals surface area (Å²) in [4.78, 5) is 2.10. The predicted octanol–water partition coefficient (Wildman–Crippen LogP) is 1.40. The molecule has 3 N–H and O–H groups in total. The molecule has 18 heavy (non-hydrogen) atoms. The summed E-state index contributed by atoms with van der Waals surface area (Å²) in [5.74, 6) is 0.822. The van der Waals surface area contributed by atoms with Gasteiger partial charge in [0, 0.05) is 18.1 Å². The first-order chi connectivity index (χ1) is 8.51. The van der Waals surface area contributed by atoms with Crippen molar-refractivity contribution in [1.29, 1.82) is 0 Å². The van der Waals surface area contributed by atoms with E-state index in [1.165, 1.54) is 0 Å². The maximum absolute atomic E-state index is 9.28. The van der Waals surface area contributed by atoms with Crippen LogP contribution in [0.5, 0.6) is 5.75 Å². The molecule has 0 saturated heterocycles. The van der Waals surface area contributed by atoms with Crippen LogP contribution >= 0.6 is 0 Å². The zero-order chi connectivity index (χ0) is 13.7. The quantitative estimate of drug-likeness (QED) is 0.803. The lowest BCUT2D eigenvalue weighted by Crippen LogP contribution is -2.43. The second-order valence-electron chi connectivity index (χ2n) is 4.78. The van der Waals surface area contributed by atoms with Crippen molar-refractivity contribution in [3.05, 3.63) is 29.8 Å². The van der Waals surface area contributed by atoms with Gasteiger partial charge in [0.1, 0.15) is 5.75 Å². The second kappa shape index (κ2) is 6.73. The smallest absolute Gasteiger partial charge is 0.119 e. The van der Waals surface area contributed by atoms with Crippen molar-refractivity contribution in [2.75, 3.05) is 20.8 Å². The van der Waals surface area contributed by atoms with E-state index in [9.17, 15) is 5.11 Å². The fraction of sp³-hybridized carbons (Fsp3) is 0.571. The molecule has 1 aromatic carbocycles. The highest BCUT2D eigenvalue weighted by molar-refractivity contribution is 5.31. The summed E-state index contributed by atoms with van der Waals surface area (Å²) in [5, 5.41) is 9.28. The Morgan fingerprint density at radius 3 is 2.56 bits per heavy atom. The van der Waals surface area contributed by atoms with Crippen LogP contribution in [0.1, 0.15) is 25.5 Å². The summed E-state index contributed by atoms with van der Waals surface area (Å²) in [6.45, 7) is 4.07. The zero-order valence-corrected chi connectivity index (χ0v) is 11.6. The Morgan fingerprint density at radius 2 is 2.06 bits per heavy atom. The van der Waals surface area contributed by atoms with E-state index in [-0.39, 0.29) is 24.7 Å². The van der Waals surface area contributed by atoms with Crippen molar-refractivity contribution in [1.82, 2.24) is 4.90 Å². The third-order valence-electron chi connectivity index (χ3n) is 3.33. The molecule has 0 radical (unpaired) electrons. The summed E-state index contributed by atoms with van der Waals surface area (Å²) in [7, 11) is 3.63. The van der Waals surface area contributed by atoms with Crippen LogP contribution < -0.4 is 10.5 Å². The number of hydrogen-bond acceptors (Lipinski definition) is 4. The van der Waals surface area contributed by atoms with Crippen LogP contribution in [-0.2, 0) is 0 Å². The first-order valence-electron chi connectivity index (χ1n) is 6.23. The van der Waals surface area contributed by atoms with Gasteiger partial charge in [-0.15, -0.1) is 0 Å². The Hall–Kier alpha value is -1.10. The molecule has 0 aromatic heterocycles. The SMILES string of the molecule is COc1cccc(C(C(C)N)N(C)C(C)CO)c1. The van der Waals surface area contributed by atoms with E-state index in [4.69, 9.17) is 10.5 Å². The van der Waals surface area contributed by atoms with Gasteiger partial charge in [-0.2, -0.15) is 0 Å². The van der Waals surface area contributed by atoms with Crippen LogP contribution in [0, 0.1) is 0 Å². The average molecular weight is 252 g/mol. The Balaban J connectivity index is 3.03. The highest BCUT2D eigenvalue weighted by Gasteiger charge is 2.24. The van der Waals surface area contributed by atoms with E-state index >= 15 is 0 Å². The van der Waals surface area contributed by atoms with E-state index in [0.29, 0.717) is 0 Å². The normalized spacial score (nSPS) is 16.4. The van der Waals surface area contributed by atoms with E-state index in [0.717, 1.165) is 11.3 Å². The largest absolute Gasteiger partial charge is 0.497 e. The molecule has 102 valence electrons. The van der Waals surface area contributed by atoms with Gasteiger partial charge < -0.3 is 15.6 Å². The number of methoxy groups -OCH3 is 1. The molecule has 0 bridgehead atoms. The average Bonchev–Trinajstić information content (AvgIpc) is 2.37. The van der Waals surface area contributed by atoms with E-state index < -0.39 is 0 Å². The molecule has 0 heterocycles. The van der Waals surface area contributed by atoms with Crippen LogP contribution in [-0.4, -0.2) is 42.9 Å². The number of benzene rings is 1. The van der Waals surface area contributed by atoms with Gasteiger partial charge >= 0.3 is 0 Å². The first kappa shape index (κ1) is 15.0. The second-order valence-corrected chi connectivity index (χ2v) is 4.78. The molecule has 0 aliphatic carbocycles. The number of hydrogen-bond donors (Lipinski definition) is 2. The zero-order valence-electron chi connectivity index (χ0n) is 11.6. The molecule has 1 rings (SSSR count). The number of nitrogens with zero attached hydrogens (tertiary/aromatic N) is 1. The number of aliphatic hydroxyl groups excluding tert-OH is 1. The summed E-state index contributed by atoms with van der Waals surface area (Å²) in [6, 6.07) is 8.00. The lowest BCUT2D eigenvalue weighted by molar-refractivity contribution is 0.109. The Bertz CT molecular complexity index is 369. The van der Waals surface area contributed by atoms with Gasteiger partial charge in [0.2, 0.25) is 0 Å². The number of nitrogens with two attached hydrogens (primary N) is 1. The Labute approximate surface area is 109 Å². The van der Waals surface area contributed by atoms with Crippen molar-refractivity contribution >= 4 is 0 Å². The maximum atomic E-state index is 9.28. The van der Waals surface area contributed by atoms with Gasteiger partial charge in [-0.3, -0.25) is 4.90 Å². The molecule has 4 heteroatoms. The molecular weight excluding hydrogens is 228 g/mol. The van der Waals surface area contributed by atoms with Crippen LogP contribution in [0.4, 0.5) is 0 Å². The van der Waals surface area contributed by atoms with E-state index in [1.54, 1.807) is 7.11 Å². The predicted molar refractivity (Wildman–Crippen MR) is 73.7 cm³/mol. The molecule has 1 aromatic rings. The maximum Gasteiger partial charge on any atom is 0.119 e. The van der Waals surface area contributed by atoms with Crippen LogP contribution in [0.3, 0.4) is 0 Å². The fourth-order valence-electron chi connectivity index (χ4n) is 2.14. The molecule has 3 atom stereocenters. The summed E-state index contributed by atoms with van der Waals surface area (Å²) < 4.78 is 5.24. The summed E-state index contributed by atoms with van der Waals surface area (Å²) in [6.07, 6.45) is 0. The van der Waals surface area contributed by atoms with Gasteiger partial charge in [-0.05, 0) is 38.6 Å². The highest BCUT2D eigenvalue weighted by atomic mass is 16.5. The minimum absolute atomic E-state index is 0.0314. The lowest BCUT2D eigenvalue weighted by atomic mass is 9.98. The number of likely N-dealkylation sites (N-methyl/N-ethyl adjacent to an activating group) is 1. The fourth-order valence-corrected chi connectivity index (χ4v) is 2.14. The minimum atomic E-state index is -0.0314. The molecule has 0 aliphatic heterocycles. The van der Waals surface area contributed by atoms with Crippen LogP contribution in [0.2, 0.25) is 0 Å². The van der Waals surface area contributed by atoms with Gasteiger partial charge in [0.15, 0.2) is 0 Å². The topological polar surface area (TPSA) is 58.7 Å². The van der Waals surface area contributed by atoms with Crippen molar-refractivity contribution in [2.24, 2.45) is 5.73 Å². The van der Waals surface area contributed by atoms with Crippen molar-refractivity contribution in [3.63, 3.8) is 0 Å². The van der Waals surface area contributed by atoms with Gasteiger partial charge in [-0.25, -0.2) is 0 Å². The monoisotopic (exact) mass is 252 g/mol. The molecule has 3 unspecified atom stereocenters. The third-order valence-corrected chi connectivity index (χ3v) is 3.33. The van der Waals surface area contributed by atoms with Gasteiger partial charge in [0.05, 0.1) is 13.7 Å². The number of ether oxygens (including phenoxy) is 1. The van der Waals surface area contributed by atoms with Crippen molar-refractivity contribution in [2.45, 2.75) is 32.0 Å². The first-order valence-corrected chi connectivity index (χ1v) is 6.23. The lowest BCUT2D eigenvalue weighted by Gasteiger charge is -2.35. The Morgan fingerprint density at radius 1 is 1.39 bits per heavy atom.